The van der Waals surface area contributed by atoms with Crippen LogP contribution in [0.15, 0.2) is 65.0 Å². The molecule has 2 aromatic carbocycles. The molecule has 3 aromatic rings. The van der Waals surface area contributed by atoms with Crippen molar-refractivity contribution >= 4 is 29.9 Å². The summed E-state index contributed by atoms with van der Waals surface area (Å²) in [6.07, 6.45) is 1.84. The van der Waals surface area contributed by atoms with E-state index in [2.05, 4.69) is 10.1 Å². The molecule has 0 unspecified atom stereocenters. The minimum absolute atomic E-state index is 0. The van der Waals surface area contributed by atoms with Crippen molar-refractivity contribution in [2.45, 2.75) is 5.16 Å². The number of halogens is 3. The van der Waals surface area contributed by atoms with E-state index >= 15 is 0 Å². The van der Waals surface area contributed by atoms with E-state index in [0.29, 0.717) is 17.0 Å². The quantitative estimate of drug-likeness (QED) is 0.665. The lowest BCUT2D eigenvalue weighted by atomic mass is 10.1. The smallest absolute Gasteiger partial charge is 0.189 e. The van der Waals surface area contributed by atoms with E-state index in [1.54, 1.807) is 4.68 Å². The SMILES string of the molecule is Cl.Fc1ccc(C2=Nn3cc(-c4ccccc4)nc3SC2)cc1F. The molecular formula is C17H12ClF2N3S. The van der Waals surface area contributed by atoms with Gasteiger partial charge in [-0.25, -0.2) is 18.4 Å². The van der Waals surface area contributed by atoms with Gasteiger partial charge in [-0.1, -0.05) is 42.1 Å². The Morgan fingerprint density at radius 2 is 1.75 bits per heavy atom. The number of imidazole rings is 1. The van der Waals surface area contributed by atoms with E-state index in [1.807, 2.05) is 36.5 Å². The maximum Gasteiger partial charge on any atom is 0.189 e. The van der Waals surface area contributed by atoms with Crippen LogP contribution >= 0.6 is 24.2 Å². The number of nitrogens with zero attached hydrogens (tertiary/aromatic N) is 3. The molecule has 0 radical (unpaired) electrons. The van der Waals surface area contributed by atoms with Crippen LogP contribution in [0.2, 0.25) is 0 Å². The third-order valence-electron chi connectivity index (χ3n) is 3.55. The molecule has 122 valence electrons. The van der Waals surface area contributed by atoms with E-state index in [4.69, 9.17) is 0 Å². The average Bonchev–Trinajstić information content (AvgIpc) is 3.01. The third kappa shape index (κ3) is 3.07. The molecule has 2 heterocycles. The summed E-state index contributed by atoms with van der Waals surface area (Å²) in [5, 5.41) is 5.28. The summed E-state index contributed by atoms with van der Waals surface area (Å²) in [4.78, 5) is 4.57. The van der Waals surface area contributed by atoms with Gasteiger partial charge in [0.15, 0.2) is 16.8 Å². The number of rotatable bonds is 2. The van der Waals surface area contributed by atoms with Crippen LogP contribution in [0.1, 0.15) is 5.56 Å². The van der Waals surface area contributed by atoms with E-state index in [9.17, 15) is 8.78 Å². The lowest BCUT2D eigenvalue weighted by molar-refractivity contribution is 0.508. The van der Waals surface area contributed by atoms with Crippen LogP contribution in [0.3, 0.4) is 0 Å². The summed E-state index contributed by atoms with van der Waals surface area (Å²) in [5.41, 5.74) is 3.12. The van der Waals surface area contributed by atoms with E-state index < -0.39 is 11.6 Å². The fourth-order valence-corrected chi connectivity index (χ4v) is 3.26. The molecule has 0 bridgehead atoms. The molecule has 1 aliphatic heterocycles. The third-order valence-corrected chi connectivity index (χ3v) is 4.50. The molecule has 7 heteroatoms. The first-order valence-corrected chi connectivity index (χ1v) is 8.00. The second-order valence-electron chi connectivity index (χ2n) is 5.08. The Morgan fingerprint density at radius 3 is 2.50 bits per heavy atom. The Hall–Kier alpha value is -2.18. The Kier molecular flexibility index (Phi) is 4.69. The molecule has 1 aliphatic rings. The van der Waals surface area contributed by atoms with Gasteiger partial charge in [-0.05, 0) is 18.2 Å². The molecular weight excluding hydrogens is 352 g/mol. The van der Waals surface area contributed by atoms with Crippen molar-refractivity contribution < 1.29 is 8.78 Å². The van der Waals surface area contributed by atoms with Crippen LogP contribution in [0, 0.1) is 11.6 Å². The van der Waals surface area contributed by atoms with E-state index in [0.717, 1.165) is 22.5 Å². The summed E-state index contributed by atoms with van der Waals surface area (Å²) >= 11 is 1.52. The van der Waals surface area contributed by atoms with Crippen LogP contribution in [0.4, 0.5) is 8.78 Å². The maximum atomic E-state index is 13.4. The van der Waals surface area contributed by atoms with Crippen molar-refractivity contribution in [2.24, 2.45) is 5.10 Å². The summed E-state index contributed by atoms with van der Waals surface area (Å²) in [5.74, 6) is -1.15. The molecule has 3 nitrogen and oxygen atoms in total. The Labute approximate surface area is 147 Å². The first-order chi connectivity index (χ1) is 11.2. The number of hydrogen-bond acceptors (Lipinski definition) is 3. The van der Waals surface area contributed by atoms with Crippen molar-refractivity contribution in [3.63, 3.8) is 0 Å². The second-order valence-corrected chi connectivity index (χ2v) is 6.03. The van der Waals surface area contributed by atoms with E-state index in [1.165, 1.54) is 23.9 Å². The zero-order chi connectivity index (χ0) is 15.8. The van der Waals surface area contributed by atoms with Gasteiger partial charge >= 0.3 is 0 Å². The van der Waals surface area contributed by atoms with Crippen LogP contribution in [0.25, 0.3) is 11.3 Å². The van der Waals surface area contributed by atoms with Crippen molar-refractivity contribution in [3.05, 3.63) is 71.9 Å². The molecule has 0 N–H and O–H groups in total. The summed E-state index contributed by atoms with van der Waals surface area (Å²) in [6, 6.07) is 13.7. The first-order valence-electron chi connectivity index (χ1n) is 7.01. The average molecular weight is 364 g/mol. The van der Waals surface area contributed by atoms with Crippen molar-refractivity contribution in [2.75, 3.05) is 5.75 Å². The first kappa shape index (κ1) is 16.7. The normalized spacial score (nSPS) is 13.0. The predicted octanol–water partition coefficient (Wildman–Crippen LogP) is 4.61. The van der Waals surface area contributed by atoms with Gasteiger partial charge in [0, 0.05) is 16.9 Å². The maximum absolute atomic E-state index is 13.4. The summed E-state index contributed by atoms with van der Waals surface area (Å²) < 4.78 is 28.1. The monoisotopic (exact) mass is 363 g/mol. The topological polar surface area (TPSA) is 30.2 Å². The lowest BCUT2D eigenvalue weighted by Crippen LogP contribution is -2.13. The van der Waals surface area contributed by atoms with Crippen LogP contribution in [0.5, 0.6) is 0 Å². The molecule has 1 aromatic heterocycles. The van der Waals surface area contributed by atoms with Crippen LogP contribution in [-0.2, 0) is 0 Å². The molecule has 0 saturated carbocycles. The van der Waals surface area contributed by atoms with Gasteiger partial charge in [0.25, 0.3) is 0 Å². The fraction of sp³-hybridized carbons (Fsp3) is 0.0588. The standard InChI is InChI=1S/C17H11F2N3S.ClH/c18-13-7-6-12(8-14(13)19)16-10-23-17-20-15(9-22(17)21-16)11-4-2-1-3-5-11;/h1-9H,10H2;1H. The molecule has 0 spiro atoms. The molecule has 0 aliphatic carbocycles. The highest BCUT2D eigenvalue weighted by atomic mass is 35.5. The fourth-order valence-electron chi connectivity index (χ4n) is 2.38. The minimum Gasteiger partial charge on any atom is -0.221 e. The second kappa shape index (κ2) is 6.75. The highest BCUT2D eigenvalue weighted by Crippen LogP contribution is 2.28. The highest BCUT2D eigenvalue weighted by Gasteiger charge is 2.18. The molecule has 24 heavy (non-hydrogen) atoms. The Morgan fingerprint density at radius 1 is 0.958 bits per heavy atom. The van der Waals surface area contributed by atoms with Crippen molar-refractivity contribution in [1.29, 1.82) is 0 Å². The zero-order valence-corrected chi connectivity index (χ0v) is 14.0. The van der Waals surface area contributed by atoms with Crippen molar-refractivity contribution in [3.8, 4) is 11.3 Å². The molecule has 0 fully saturated rings. The summed E-state index contributed by atoms with van der Waals surface area (Å²) in [6.45, 7) is 0. The van der Waals surface area contributed by atoms with Gasteiger partial charge in [-0.2, -0.15) is 5.10 Å². The van der Waals surface area contributed by atoms with Gasteiger partial charge in [-0.15, -0.1) is 12.4 Å². The van der Waals surface area contributed by atoms with Gasteiger partial charge in [0.05, 0.1) is 17.6 Å². The number of fused-ring (bicyclic) bond motifs is 1. The number of benzene rings is 2. The van der Waals surface area contributed by atoms with Gasteiger partial charge in [0.1, 0.15) is 0 Å². The summed E-state index contributed by atoms with van der Waals surface area (Å²) in [7, 11) is 0. The molecule has 4 rings (SSSR count). The molecule has 0 atom stereocenters. The van der Waals surface area contributed by atoms with Gasteiger partial charge < -0.3 is 0 Å². The number of hydrogen-bond donors (Lipinski definition) is 0. The molecule has 0 amide bonds. The van der Waals surface area contributed by atoms with Crippen LogP contribution in [-0.4, -0.2) is 21.1 Å². The van der Waals surface area contributed by atoms with Crippen LogP contribution < -0.4 is 0 Å². The number of thioether (sulfide) groups is 1. The van der Waals surface area contributed by atoms with E-state index in [-0.39, 0.29) is 12.4 Å². The largest absolute Gasteiger partial charge is 0.221 e. The minimum atomic E-state index is -0.864. The predicted molar refractivity (Wildman–Crippen MR) is 93.9 cm³/mol. The van der Waals surface area contributed by atoms with Gasteiger partial charge in [0.2, 0.25) is 0 Å². The van der Waals surface area contributed by atoms with Crippen molar-refractivity contribution in [1.82, 2.24) is 9.66 Å². The molecule has 0 saturated heterocycles. The Bertz CT molecular complexity index is 909. The van der Waals surface area contributed by atoms with Gasteiger partial charge in [-0.3, -0.25) is 0 Å². The Balaban J connectivity index is 0.00000169. The zero-order valence-electron chi connectivity index (χ0n) is 12.3. The lowest BCUT2D eigenvalue weighted by Gasteiger charge is -2.12. The number of aromatic nitrogens is 2. The highest BCUT2D eigenvalue weighted by molar-refractivity contribution is 7.99.